The highest BCUT2D eigenvalue weighted by molar-refractivity contribution is 6.30. The molecular weight excluding hydrogens is 450 g/mol. The zero-order valence-corrected chi connectivity index (χ0v) is 18.4. The number of anilines is 1. The standard InChI is InChI=1S/C25H21ClF2N2O3/c1-2-25(27,28)22-9-6-15(13-29-22)18-8-7-17(11-21(18)24(32)33)30-23(31)20-12-19(20)14-4-3-5-16(26)10-14/h3-11,13,19-20H,2,12H2,1H3,(H,30,31)(H,32,33). The third-order valence-electron chi connectivity index (χ3n) is 5.81. The first kappa shape index (κ1) is 22.9. The van der Waals surface area contributed by atoms with Crippen LogP contribution in [0.2, 0.25) is 5.02 Å². The first-order valence-corrected chi connectivity index (χ1v) is 10.9. The van der Waals surface area contributed by atoms with Crippen LogP contribution in [0.25, 0.3) is 11.1 Å². The zero-order chi connectivity index (χ0) is 23.8. The Labute approximate surface area is 194 Å². The molecule has 0 aliphatic heterocycles. The minimum absolute atomic E-state index is 0.0632. The SMILES string of the molecule is CCC(F)(F)c1ccc(-c2ccc(NC(=O)C3CC3c3cccc(Cl)c3)cc2C(=O)O)cn1. The lowest BCUT2D eigenvalue weighted by Gasteiger charge is -2.14. The zero-order valence-electron chi connectivity index (χ0n) is 17.7. The van der Waals surface area contributed by atoms with Gasteiger partial charge in [-0.05, 0) is 53.8 Å². The highest BCUT2D eigenvalue weighted by Crippen LogP contribution is 2.48. The lowest BCUT2D eigenvalue weighted by atomic mass is 9.99. The topological polar surface area (TPSA) is 79.3 Å². The van der Waals surface area contributed by atoms with Crippen molar-refractivity contribution >= 4 is 29.2 Å². The molecular formula is C25H21ClF2N2O3. The van der Waals surface area contributed by atoms with E-state index in [0.717, 1.165) is 5.56 Å². The number of hydrogen-bond acceptors (Lipinski definition) is 3. The summed E-state index contributed by atoms with van der Waals surface area (Å²) >= 11 is 6.03. The predicted octanol–water partition coefficient (Wildman–Crippen LogP) is 6.34. The molecule has 2 aromatic carbocycles. The van der Waals surface area contributed by atoms with E-state index in [-0.39, 0.29) is 35.4 Å². The smallest absolute Gasteiger partial charge is 0.336 e. The third-order valence-corrected chi connectivity index (χ3v) is 6.05. The molecule has 1 fully saturated rings. The van der Waals surface area contributed by atoms with Crippen LogP contribution in [-0.2, 0) is 10.7 Å². The van der Waals surface area contributed by atoms with Crippen LogP contribution in [-0.4, -0.2) is 22.0 Å². The number of amides is 1. The molecule has 0 spiro atoms. The Morgan fingerprint density at radius 2 is 1.97 bits per heavy atom. The van der Waals surface area contributed by atoms with E-state index in [1.165, 1.54) is 37.4 Å². The molecule has 8 heteroatoms. The summed E-state index contributed by atoms with van der Waals surface area (Å²) in [4.78, 5) is 28.3. The van der Waals surface area contributed by atoms with Crippen molar-refractivity contribution < 1.29 is 23.5 Å². The summed E-state index contributed by atoms with van der Waals surface area (Å²) in [5.41, 5.74) is 1.63. The van der Waals surface area contributed by atoms with Crippen molar-refractivity contribution in [3.63, 3.8) is 0 Å². The lowest BCUT2D eigenvalue weighted by molar-refractivity contribution is -0.117. The molecule has 2 unspecified atom stereocenters. The van der Waals surface area contributed by atoms with Gasteiger partial charge in [-0.25, -0.2) is 4.79 Å². The molecule has 1 amide bonds. The fourth-order valence-corrected chi connectivity index (χ4v) is 4.03. The van der Waals surface area contributed by atoms with Crippen molar-refractivity contribution in [2.24, 2.45) is 5.92 Å². The number of nitrogens with zero attached hydrogens (tertiary/aromatic N) is 1. The maximum absolute atomic E-state index is 13.8. The van der Waals surface area contributed by atoms with Crippen LogP contribution in [0, 0.1) is 5.92 Å². The quantitative estimate of drug-likeness (QED) is 0.422. The third kappa shape index (κ3) is 4.88. The van der Waals surface area contributed by atoms with Gasteiger partial charge >= 0.3 is 5.97 Å². The fraction of sp³-hybridized carbons (Fsp3) is 0.240. The summed E-state index contributed by atoms with van der Waals surface area (Å²) in [6.07, 6.45) is 1.54. The van der Waals surface area contributed by atoms with Gasteiger partial charge in [0.2, 0.25) is 5.91 Å². The maximum atomic E-state index is 13.8. The molecule has 4 rings (SSSR count). The van der Waals surface area contributed by atoms with Crippen molar-refractivity contribution in [1.82, 2.24) is 4.98 Å². The summed E-state index contributed by atoms with van der Waals surface area (Å²) in [5, 5.41) is 13.1. The number of carbonyl (C=O) groups is 2. The second-order valence-electron chi connectivity index (χ2n) is 8.05. The number of rotatable bonds is 7. The Morgan fingerprint density at radius 1 is 1.18 bits per heavy atom. The molecule has 1 heterocycles. The average Bonchev–Trinajstić information content (AvgIpc) is 3.60. The number of carboxylic acid groups (broad SMARTS) is 1. The number of hydrogen-bond donors (Lipinski definition) is 2. The molecule has 0 radical (unpaired) electrons. The summed E-state index contributed by atoms with van der Waals surface area (Å²) in [7, 11) is 0. The van der Waals surface area contributed by atoms with Crippen LogP contribution in [0.3, 0.4) is 0 Å². The van der Waals surface area contributed by atoms with E-state index in [2.05, 4.69) is 10.3 Å². The summed E-state index contributed by atoms with van der Waals surface area (Å²) in [6.45, 7) is 1.37. The Bertz CT molecular complexity index is 1210. The van der Waals surface area contributed by atoms with Crippen LogP contribution in [0.4, 0.5) is 14.5 Å². The number of aromatic nitrogens is 1. The number of nitrogens with one attached hydrogen (secondary N) is 1. The molecule has 0 bridgehead atoms. The van der Waals surface area contributed by atoms with E-state index in [4.69, 9.17) is 11.6 Å². The Morgan fingerprint density at radius 3 is 2.61 bits per heavy atom. The van der Waals surface area contributed by atoms with Gasteiger partial charge in [-0.15, -0.1) is 0 Å². The van der Waals surface area contributed by atoms with Crippen LogP contribution < -0.4 is 5.32 Å². The fourth-order valence-electron chi connectivity index (χ4n) is 3.83. The monoisotopic (exact) mass is 470 g/mol. The summed E-state index contributed by atoms with van der Waals surface area (Å²) in [6, 6.07) is 14.5. The number of alkyl halides is 2. The van der Waals surface area contributed by atoms with Crippen molar-refractivity contribution in [1.29, 1.82) is 0 Å². The largest absolute Gasteiger partial charge is 0.478 e. The second-order valence-corrected chi connectivity index (χ2v) is 8.49. The van der Waals surface area contributed by atoms with E-state index in [1.807, 2.05) is 18.2 Å². The van der Waals surface area contributed by atoms with Crippen LogP contribution in [0.15, 0.2) is 60.8 Å². The minimum Gasteiger partial charge on any atom is -0.478 e. The highest BCUT2D eigenvalue weighted by Gasteiger charge is 2.44. The number of pyridine rings is 1. The van der Waals surface area contributed by atoms with Crippen molar-refractivity contribution in [3.8, 4) is 11.1 Å². The van der Waals surface area contributed by atoms with E-state index in [1.54, 1.807) is 12.1 Å². The van der Waals surface area contributed by atoms with Gasteiger partial charge in [0.05, 0.1) is 5.56 Å². The molecule has 33 heavy (non-hydrogen) atoms. The van der Waals surface area contributed by atoms with Crippen LogP contribution >= 0.6 is 11.6 Å². The summed E-state index contributed by atoms with van der Waals surface area (Å²) < 4.78 is 27.6. The molecule has 2 atom stereocenters. The molecule has 1 aliphatic rings. The molecule has 1 aliphatic carbocycles. The van der Waals surface area contributed by atoms with Crippen LogP contribution in [0.1, 0.15) is 47.3 Å². The van der Waals surface area contributed by atoms with Crippen LogP contribution in [0.5, 0.6) is 0 Å². The maximum Gasteiger partial charge on any atom is 0.336 e. The minimum atomic E-state index is -3.05. The van der Waals surface area contributed by atoms with Gasteiger partial charge in [0.25, 0.3) is 5.92 Å². The Kier molecular flexibility index (Phi) is 6.17. The van der Waals surface area contributed by atoms with E-state index in [0.29, 0.717) is 28.3 Å². The molecule has 3 aromatic rings. The molecule has 5 nitrogen and oxygen atoms in total. The van der Waals surface area contributed by atoms with E-state index < -0.39 is 11.9 Å². The molecule has 1 saturated carbocycles. The first-order chi connectivity index (χ1) is 15.7. The number of carbonyl (C=O) groups excluding carboxylic acids is 1. The van der Waals surface area contributed by atoms with Crippen molar-refractivity contribution in [3.05, 3.63) is 82.6 Å². The van der Waals surface area contributed by atoms with E-state index >= 15 is 0 Å². The Hall–Kier alpha value is -3.32. The summed E-state index contributed by atoms with van der Waals surface area (Å²) in [5.74, 6) is -4.58. The number of carboxylic acids is 1. The van der Waals surface area contributed by atoms with Gasteiger partial charge in [0.1, 0.15) is 5.69 Å². The van der Waals surface area contributed by atoms with Crippen molar-refractivity contribution in [2.45, 2.75) is 31.6 Å². The molecule has 2 N–H and O–H groups in total. The highest BCUT2D eigenvalue weighted by atomic mass is 35.5. The van der Waals surface area contributed by atoms with Gasteiger partial charge in [-0.1, -0.05) is 42.8 Å². The van der Waals surface area contributed by atoms with Crippen molar-refractivity contribution in [2.75, 3.05) is 5.32 Å². The normalized spacial score (nSPS) is 17.5. The lowest BCUT2D eigenvalue weighted by Crippen LogP contribution is -2.15. The van der Waals surface area contributed by atoms with Gasteiger partial charge in [-0.3, -0.25) is 9.78 Å². The van der Waals surface area contributed by atoms with Gasteiger partial charge in [-0.2, -0.15) is 8.78 Å². The molecule has 1 aromatic heterocycles. The predicted molar refractivity (Wildman–Crippen MR) is 122 cm³/mol. The number of halogens is 3. The number of benzene rings is 2. The molecule has 170 valence electrons. The van der Waals surface area contributed by atoms with E-state index in [9.17, 15) is 23.5 Å². The Balaban J connectivity index is 1.52. The van der Waals surface area contributed by atoms with Gasteiger partial charge in [0.15, 0.2) is 0 Å². The second kappa shape index (κ2) is 8.90. The van der Waals surface area contributed by atoms with Gasteiger partial charge in [0, 0.05) is 34.8 Å². The van der Waals surface area contributed by atoms with Gasteiger partial charge < -0.3 is 10.4 Å². The number of aromatic carboxylic acids is 1. The average molecular weight is 471 g/mol. The molecule has 0 saturated heterocycles. The first-order valence-electron chi connectivity index (χ1n) is 10.5.